The van der Waals surface area contributed by atoms with Crippen molar-refractivity contribution in [3.8, 4) is 5.75 Å². The Labute approximate surface area is 96.6 Å². The Bertz CT molecular complexity index is 439. The highest BCUT2D eigenvalue weighted by molar-refractivity contribution is 5.82. The molecule has 2 heteroatoms. The second-order valence-corrected chi connectivity index (χ2v) is 5.39. The standard InChI is InChI=1S/C14H18O2/c1-5-9-6-10-8-12(15)16-13(10)11(7-9)14(2,3)4/h6-7H,5,8H2,1-4H3. The van der Waals surface area contributed by atoms with Crippen LogP contribution in [0, 0.1) is 0 Å². The zero-order chi connectivity index (χ0) is 11.9. The fourth-order valence-electron chi connectivity index (χ4n) is 2.07. The molecule has 0 bridgehead atoms. The van der Waals surface area contributed by atoms with Crippen molar-refractivity contribution in [3.63, 3.8) is 0 Å². The van der Waals surface area contributed by atoms with E-state index >= 15 is 0 Å². The molecule has 0 radical (unpaired) electrons. The molecule has 2 nitrogen and oxygen atoms in total. The molecular formula is C14H18O2. The molecule has 1 aliphatic rings. The number of aryl methyl sites for hydroxylation is 1. The fourth-order valence-corrected chi connectivity index (χ4v) is 2.07. The quantitative estimate of drug-likeness (QED) is 0.535. The highest BCUT2D eigenvalue weighted by Gasteiger charge is 2.29. The minimum Gasteiger partial charge on any atom is -0.426 e. The van der Waals surface area contributed by atoms with E-state index in [4.69, 9.17) is 4.74 Å². The van der Waals surface area contributed by atoms with E-state index in [0.29, 0.717) is 6.42 Å². The van der Waals surface area contributed by atoms with E-state index in [-0.39, 0.29) is 11.4 Å². The molecule has 16 heavy (non-hydrogen) atoms. The highest BCUT2D eigenvalue weighted by Crippen LogP contribution is 2.38. The number of hydrogen-bond donors (Lipinski definition) is 0. The summed E-state index contributed by atoms with van der Waals surface area (Å²) in [4.78, 5) is 11.4. The average molecular weight is 218 g/mol. The summed E-state index contributed by atoms with van der Waals surface area (Å²) >= 11 is 0. The van der Waals surface area contributed by atoms with Crippen LogP contribution in [0.25, 0.3) is 0 Å². The van der Waals surface area contributed by atoms with Crippen LogP contribution in [0.2, 0.25) is 0 Å². The summed E-state index contributed by atoms with van der Waals surface area (Å²) in [6, 6.07) is 4.26. The van der Waals surface area contributed by atoms with Gasteiger partial charge in [-0.15, -0.1) is 0 Å². The monoisotopic (exact) mass is 218 g/mol. The predicted molar refractivity (Wildman–Crippen MR) is 63.9 cm³/mol. The first-order valence-corrected chi connectivity index (χ1v) is 5.78. The molecule has 2 rings (SSSR count). The number of fused-ring (bicyclic) bond motifs is 1. The fraction of sp³-hybridized carbons (Fsp3) is 0.500. The molecule has 0 aliphatic carbocycles. The second kappa shape index (κ2) is 3.62. The molecule has 0 amide bonds. The molecule has 0 unspecified atom stereocenters. The molecule has 0 aromatic heterocycles. The van der Waals surface area contributed by atoms with Gasteiger partial charge in [0.2, 0.25) is 0 Å². The first-order chi connectivity index (χ1) is 7.41. The van der Waals surface area contributed by atoms with E-state index in [0.717, 1.165) is 23.3 Å². The molecule has 0 saturated carbocycles. The number of ether oxygens (including phenoxy) is 1. The van der Waals surface area contributed by atoms with Gasteiger partial charge in [-0.25, -0.2) is 0 Å². The maximum absolute atomic E-state index is 11.4. The molecule has 1 aromatic carbocycles. The van der Waals surface area contributed by atoms with Crippen molar-refractivity contribution >= 4 is 5.97 Å². The van der Waals surface area contributed by atoms with Crippen LogP contribution in [0.1, 0.15) is 44.4 Å². The lowest BCUT2D eigenvalue weighted by Crippen LogP contribution is -2.13. The Balaban J connectivity index is 2.60. The average Bonchev–Trinajstić information content (AvgIpc) is 2.54. The molecule has 0 N–H and O–H groups in total. The Kier molecular flexibility index (Phi) is 2.53. The number of carbonyl (C=O) groups excluding carboxylic acids is 1. The van der Waals surface area contributed by atoms with E-state index < -0.39 is 0 Å². The van der Waals surface area contributed by atoms with Gasteiger partial charge in [0.05, 0.1) is 6.42 Å². The maximum Gasteiger partial charge on any atom is 0.315 e. The summed E-state index contributed by atoms with van der Waals surface area (Å²) in [6.07, 6.45) is 1.41. The van der Waals surface area contributed by atoms with Crippen LogP contribution in [0.3, 0.4) is 0 Å². The van der Waals surface area contributed by atoms with Crippen molar-refractivity contribution in [2.75, 3.05) is 0 Å². The summed E-state index contributed by atoms with van der Waals surface area (Å²) in [5.41, 5.74) is 3.49. The van der Waals surface area contributed by atoms with Crippen molar-refractivity contribution in [1.82, 2.24) is 0 Å². The number of benzene rings is 1. The lowest BCUT2D eigenvalue weighted by molar-refractivity contribution is -0.131. The maximum atomic E-state index is 11.4. The summed E-state index contributed by atoms with van der Waals surface area (Å²) in [7, 11) is 0. The zero-order valence-corrected chi connectivity index (χ0v) is 10.4. The van der Waals surface area contributed by atoms with E-state index in [1.165, 1.54) is 5.56 Å². The molecule has 0 spiro atoms. The van der Waals surface area contributed by atoms with Gasteiger partial charge in [-0.05, 0) is 17.4 Å². The van der Waals surface area contributed by atoms with Crippen molar-refractivity contribution in [3.05, 3.63) is 28.8 Å². The molecule has 1 aliphatic heterocycles. The number of hydrogen-bond acceptors (Lipinski definition) is 2. The number of carbonyl (C=O) groups is 1. The lowest BCUT2D eigenvalue weighted by Gasteiger charge is -2.22. The molecule has 0 atom stereocenters. The largest absolute Gasteiger partial charge is 0.426 e. The highest BCUT2D eigenvalue weighted by atomic mass is 16.5. The molecule has 86 valence electrons. The van der Waals surface area contributed by atoms with Crippen molar-refractivity contribution in [2.45, 2.75) is 46.0 Å². The summed E-state index contributed by atoms with van der Waals surface area (Å²) < 4.78 is 5.33. The minimum atomic E-state index is -0.131. The molecular weight excluding hydrogens is 200 g/mol. The third kappa shape index (κ3) is 1.84. The van der Waals surface area contributed by atoms with E-state index in [1.54, 1.807) is 0 Å². The van der Waals surface area contributed by atoms with E-state index in [1.807, 2.05) is 0 Å². The van der Waals surface area contributed by atoms with Gasteiger partial charge in [-0.2, -0.15) is 0 Å². The third-order valence-corrected chi connectivity index (χ3v) is 2.99. The van der Waals surface area contributed by atoms with Gasteiger partial charge in [0.1, 0.15) is 5.75 Å². The summed E-state index contributed by atoms with van der Waals surface area (Å²) in [5, 5.41) is 0. The Morgan fingerprint density at radius 2 is 2.00 bits per heavy atom. The Morgan fingerprint density at radius 3 is 2.56 bits per heavy atom. The van der Waals surface area contributed by atoms with Gasteiger partial charge in [0.25, 0.3) is 0 Å². The minimum absolute atomic E-state index is 0.0138. The molecule has 1 aromatic rings. The van der Waals surface area contributed by atoms with Crippen molar-refractivity contribution in [2.24, 2.45) is 0 Å². The van der Waals surface area contributed by atoms with Gasteiger partial charge < -0.3 is 4.74 Å². The Morgan fingerprint density at radius 1 is 1.31 bits per heavy atom. The van der Waals surface area contributed by atoms with Crippen LogP contribution < -0.4 is 4.74 Å². The summed E-state index contributed by atoms with van der Waals surface area (Å²) in [5.74, 6) is 0.670. The van der Waals surface area contributed by atoms with Crippen LogP contribution in [0.5, 0.6) is 5.75 Å². The SMILES string of the molecule is CCc1cc2c(c(C(C)(C)C)c1)OC(=O)C2. The van der Waals surface area contributed by atoms with Crippen LogP contribution in [-0.4, -0.2) is 5.97 Å². The number of esters is 1. The zero-order valence-electron chi connectivity index (χ0n) is 10.4. The van der Waals surface area contributed by atoms with E-state index in [2.05, 4.69) is 39.8 Å². The normalized spacial score (nSPS) is 14.9. The molecule has 1 heterocycles. The molecule has 0 saturated heterocycles. The predicted octanol–water partition coefficient (Wildman–Crippen LogP) is 3.01. The van der Waals surface area contributed by atoms with Gasteiger partial charge in [-0.1, -0.05) is 39.8 Å². The topological polar surface area (TPSA) is 26.3 Å². The van der Waals surface area contributed by atoms with Crippen LogP contribution in [0.4, 0.5) is 0 Å². The third-order valence-electron chi connectivity index (χ3n) is 2.99. The van der Waals surface area contributed by atoms with Gasteiger partial charge >= 0.3 is 5.97 Å². The summed E-state index contributed by atoms with van der Waals surface area (Å²) in [6.45, 7) is 8.57. The van der Waals surface area contributed by atoms with Crippen molar-refractivity contribution in [1.29, 1.82) is 0 Å². The first-order valence-electron chi connectivity index (χ1n) is 5.78. The first kappa shape index (κ1) is 11.2. The Hall–Kier alpha value is -1.31. The lowest BCUT2D eigenvalue weighted by atomic mass is 9.84. The van der Waals surface area contributed by atoms with Gasteiger partial charge in [-0.3, -0.25) is 4.79 Å². The van der Waals surface area contributed by atoms with E-state index in [9.17, 15) is 4.79 Å². The van der Waals surface area contributed by atoms with Crippen molar-refractivity contribution < 1.29 is 9.53 Å². The second-order valence-electron chi connectivity index (χ2n) is 5.39. The molecule has 0 fully saturated rings. The smallest absolute Gasteiger partial charge is 0.315 e. The van der Waals surface area contributed by atoms with Crippen LogP contribution in [-0.2, 0) is 23.1 Å². The van der Waals surface area contributed by atoms with Gasteiger partial charge in [0.15, 0.2) is 0 Å². The number of rotatable bonds is 1. The van der Waals surface area contributed by atoms with Gasteiger partial charge in [0, 0.05) is 11.1 Å². The van der Waals surface area contributed by atoms with Crippen LogP contribution >= 0.6 is 0 Å². The van der Waals surface area contributed by atoms with Crippen LogP contribution in [0.15, 0.2) is 12.1 Å².